The summed E-state index contributed by atoms with van der Waals surface area (Å²) in [4.78, 5) is 0. The molecule has 4 nitrogen and oxygen atoms in total. The van der Waals surface area contributed by atoms with Crippen molar-refractivity contribution in [2.75, 3.05) is 0 Å². The first kappa shape index (κ1) is 13.0. The molecule has 108 valence electrons. The molecule has 2 unspecified atom stereocenters. The minimum absolute atomic E-state index is 0.294. The zero-order valence-electron chi connectivity index (χ0n) is 11.5. The maximum Gasteiger partial charge on any atom is 0.233 e. The van der Waals surface area contributed by atoms with Crippen molar-refractivity contribution >= 4 is 15.9 Å². The standard InChI is InChI=1S/C15H20BrN3O/c16-14-5-6-15(19-18-14)20-11-7-12(9-1-2-9)17-13(8-11)10-3-4-10/h5-6,9-13,17H,1-4,7-8H2. The van der Waals surface area contributed by atoms with Crippen LogP contribution in [0.3, 0.4) is 0 Å². The molecule has 0 radical (unpaired) electrons. The largest absolute Gasteiger partial charge is 0.473 e. The smallest absolute Gasteiger partial charge is 0.233 e. The van der Waals surface area contributed by atoms with Gasteiger partial charge in [0.15, 0.2) is 0 Å². The summed E-state index contributed by atoms with van der Waals surface area (Å²) in [5, 5.41) is 12.0. The minimum Gasteiger partial charge on any atom is -0.473 e. The molecule has 3 fully saturated rings. The van der Waals surface area contributed by atoms with Crippen LogP contribution in [0.1, 0.15) is 38.5 Å². The van der Waals surface area contributed by atoms with E-state index in [1.807, 2.05) is 12.1 Å². The van der Waals surface area contributed by atoms with Crippen molar-refractivity contribution < 1.29 is 4.74 Å². The molecule has 2 saturated carbocycles. The van der Waals surface area contributed by atoms with Gasteiger partial charge in [-0.05, 0) is 72.4 Å². The van der Waals surface area contributed by atoms with Crippen LogP contribution in [0, 0.1) is 11.8 Å². The highest BCUT2D eigenvalue weighted by atomic mass is 79.9. The summed E-state index contributed by atoms with van der Waals surface area (Å²) >= 11 is 3.31. The van der Waals surface area contributed by atoms with Gasteiger partial charge in [0.25, 0.3) is 0 Å². The fraction of sp³-hybridized carbons (Fsp3) is 0.733. The van der Waals surface area contributed by atoms with E-state index < -0.39 is 0 Å². The van der Waals surface area contributed by atoms with Crippen LogP contribution in [0.15, 0.2) is 16.7 Å². The minimum atomic E-state index is 0.294. The quantitative estimate of drug-likeness (QED) is 0.917. The number of halogens is 1. The van der Waals surface area contributed by atoms with Crippen molar-refractivity contribution in [3.05, 3.63) is 16.7 Å². The SMILES string of the molecule is Brc1ccc(OC2CC(C3CC3)NC(C3CC3)C2)nn1. The first-order valence-electron chi connectivity index (χ1n) is 7.70. The van der Waals surface area contributed by atoms with E-state index >= 15 is 0 Å². The lowest BCUT2D eigenvalue weighted by Crippen LogP contribution is -2.51. The number of hydrogen-bond donors (Lipinski definition) is 1. The number of nitrogens with one attached hydrogen (secondary N) is 1. The first-order chi connectivity index (χ1) is 9.78. The van der Waals surface area contributed by atoms with E-state index in [1.54, 1.807) is 0 Å². The van der Waals surface area contributed by atoms with Crippen LogP contribution in [-0.4, -0.2) is 28.4 Å². The van der Waals surface area contributed by atoms with Gasteiger partial charge in [-0.25, -0.2) is 0 Å². The second-order valence-electron chi connectivity index (χ2n) is 6.46. The van der Waals surface area contributed by atoms with Gasteiger partial charge in [0.1, 0.15) is 10.7 Å². The van der Waals surface area contributed by atoms with E-state index in [0.717, 1.165) is 29.3 Å². The Morgan fingerprint density at radius 3 is 2.15 bits per heavy atom. The molecule has 2 heterocycles. The van der Waals surface area contributed by atoms with Crippen LogP contribution in [0.2, 0.25) is 0 Å². The van der Waals surface area contributed by atoms with Gasteiger partial charge in [0, 0.05) is 18.2 Å². The molecule has 0 aromatic carbocycles. The van der Waals surface area contributed by atoms with Crippen LogP contribution in [0.25, 0.3) is 0 Å². The molecule has 5 heteroatoms. The van der Waals surface area contributed by atoms with Crippen molar-refractivity contribution in [2.45, 2.75) is 56.7 Å². The van der Waals surface area contributed by atoms with Gasteiger partial charge in [-0.15, -0.1) is 10.2 Å². The summed E-state index contributed by atoms with van der Waals surface area (Å²) < 4.78 is 6.84. The predicted molar refractivity (Wildman–Crippen MR) is 79.5 cm³/mol. The van der Waals surface area contributed by atoms with Gasteiger partial charge < -0.3 is 10.1 Å². The molecular formula is C15H20BrN3O. The number of piperidine rings is 1. The molecule has 1 aliphatic heterocycles. The Hall–Kier alpha value is -0.680. The van der Waals surface area contributed by atoms with E-state index in [0.29, 0.717) is 24.1 Å². The maximum atomic E-state index is 6.09. The first-order valence-corrected chi connectivity index (χ1v) is 8.49. The molecule has 1 aromatic rings. The summed E-state index contributed by atoms with van der Waals surface area (Å²) in [6, 6.07) is 5.10. The molecule has 4 rings (SSSR count). The summed E-state index contributed by atoms with van der Waals surface area (Å²) in [7, 11) is 0. The third kappa shape index (κ3) is 2.98. The summed E-state index contributed by atoms with van der Waals surface area (Å²) in [6.07, 6.45) is 8.08. The van der Waals surface area contributed by atoms with Gasteiger partial charge >= 0.3 is 0 Å². The molecule has 1 saturated heterocycles. The Labute approximate surface area is 127 Å². The lowest BCUT2D eigenvalue weighted by Gasteiger charge is -2.36. The van der Waals surface area contributed by atoms with Crippen LogP contribution >= 0.6 is 15.9 Å². The zero-order valence-corrected chi connectivity index (χ0v) is 13.1. The number of rotatable bonds is 4. The van der Waals surface area contributed by atoms with E-state index in [2.05, 4.69) is 31.4 Å². The predicted octanol–water partition coefficient (Wildman–Crippen LogP) is 2.93. The van der Waals surface area contributed by atoms with Crippen LogP contribution in [0.4, 0.5) is 0 Å². The van der Waals surface area contributed by atoms with E-state index in [-0.39, 0.29) is 0 Å². The normalized spacial score (nSPS) is 34.0. The molecule has 20 heavy (non-hydrogen) atoms. The Morgan fingerprint density at radius 1 is 1.00 bits per heavy atom. The topological polar surface area (TPSA) is 47.0 Å². The lowest BCUT2D eigenvalue weighted by molar-refractivity contribution is 0.0971. The average Bonchev–Trinajstić information content (AvgIpc) is 3.32. The summed E-state index contributed by atoms with van der Waals surface area (Å²) in [5.74, 6) is 2.43. The third-order valence-corrected chi connectivity index (χ3v) is 5.16. The van der Waals surface area contributed by atoms with Crippen molar-refractivity contribution in [3.8, 4) is 5.88 Å². The molecule has 0 bridgehead atoms. The van der Waals surface area contributed by atoms with Crippen molar-refractivity contribution in [1.82, 2.24) is 15.5 Å². The van der Waals surface area contributed by atoms with Crippen LogP contribution < -0.4 is 10.1 Å². The molecule has 0 amide bonds. The zero-order chi connectivity index (χ0) is 13.5. The molecular weight excluding hydrogens is 318 g/mol. The average molecular weight is 338 g/mol. The number of nitrogens with zero attached hydrogens (tertiary/aromatic N) is 2. The number of aromatic nitrogens is 2. The number of hydrogen-bond acceptors (Lipinski definition) is 4. The monoisotopic (exact) mass is 337 g/mol. The Morgan fingerprint density at radius 2 is 1.65 bits per heavy atom. The van der Waals surface area contributed by atoms with Crippen LogP contribution in [0.5, 0.6) is 5.88 Å². The van der Waals surface area contributed by atoms with Crippen molar-refractivity contribution in [3.63, 3.8) is 0 Å². The van der Waals surface area contributed by atoms with Gasteiger partial charge in [-0.3, -0.25) is 0 Å². The second-order valence-corrected chi connectivity index (χ2v) is 7.27. The summed E-state index contributed by atoms with van der Waals surface area (Å²) in [6.45, 7) is 0. The fourth-order valence-electron chi connectivity index (χ4n) is 3.36. The molecule has 2 atom stereocenters. The Bertz CT molecular complexity index is 453. The van der Waals surface area contributed by atoms with E-state index in [4.69, 9.17) is 4.74 Å². The van der Waals surface area contributed by atoms with E-state index in [1.165, 1.54) is 25.7 Å². The lowest BCUT2D eigenvalue weighted by atomic mass is 9.90. The molecule has 1 N–H and O–H groups in total. The fourth-order valence-corrected chi connectivity index (χ4v) is 3.57. The highest BCUT2D eigenvalue weighted by Crippen LogP contribution is 2.42. The van der Waals surface area contributed by atoms with Crippen LogP contribution in [-0.2, 0) is 0 Å². The van der Waals surface area contributed by atoms with Gasteiger partial charge in [-0.1, -0.05) is 0 Å². The van der Waals surface area contributed by atoms with Gasteiger partial charge in [0.05, 0.1) is 0 Å². The number of ether oxygens (including phenoxy) is 1. The van der Waals surface area contributed by atoms with E-state index in [9.17, 15) is 0 Å². The Balaban J connectivity index is 1.43. The highest BCUT2D eigenvalue weighted by Gasteiger charge is 2.43. The molecule has 0 spiro atoms. The molecule has 3 aliphatic rings. The molecule has 2 aliphatic carbocycles. The van der Waals surface area contributed by atoms with Gasteiger partial charge in [0.2, 0.25) is 5.88 Å². The Kier molecular flexibility index (Phi) is 3.42. The second kappa shape index (κ2) is 5.26. The summed E-state index contributed by atoms with van der Waals surface area (Å²) in [5.41, 5.74) is 0. The molecule has 1 aromatic heterocycles. The highest BCUT2D eigenvalue weighted by molar-refractivity contribution is 9.10. The third-order valence-electron chi connectivity index (χ3n) is 4.74. The van der Waals surface area contributed by atoms with Gasteiger partial charge in [-0.2, -0.15) is 0 Å². The maximum absolute atomic E-state index is 6.09. The van der Waals surface area contributed by atoms with Crippen molar-refractivity contribution in [1.29, 1.82) is 0 Å². The van der Waals surface area contributed by atoms with Crippen molar-refractivity contribution in [2.24, 2.45) is 11.8 Å².